The van der Waals surface area contributed by atoms with Crippen LogP contribution in [0.4, 0.5) is 34.1 Å². The van der Waals surface area contributed by atoms with Gasteiger partial charge in [-0.3, -0.25) is 0 Å². The van der Waals surface area contributed by atoms with E-state index < -0.39 is 0 Å². The molecule has 3 heterocycles. The quantitative estimate of drug-likeness (QED) is 0.154. The summed E-state index contributed by atoms with van der Waals surface area (Å²) in [4.78, 5) is 7.36. The molecule has 0 amide bonds. The van der Waals surface area contributed by atoms with Crippen molar-refractivity contribution in [2.75, 3.05) is 9.80 Å². The molecule has 66 heavy (non-hydrogen) atoms. The van der Waals surface area contributed by atoms with Crippen LogP contribution in [0.2, 0.25) is 11.6 Å². The predicted molar refractivity (Wildman–Crippen MR) is 281 cm³/mol. The number of hydrogen-bond acceptors (Lipinski definition) is 3. The highest BCUT2D eigenvalue weighted by Gasteiger charge is 2.61. The predicted octanol–water partition coefficient (Wildman–Crippen LogP) is 12.8. The smallest absolute Gasteiger partial charge is 0.217 e. The van der Waals surface area contributed by atoms with Gasteiger partial charge in [-0.2, -0.15) is 0 Å². The first-order chi connectivity index (χ1) is 32.8. The molecule has 2 aliphatic carbocycles. The average molecular weight is 861 g/mol. The third-order valence-corrected chi connectivity index (χ3v) is 16.3. The number of para-hydroxylation sites is 4. The molecule has 0 N–H and O–H groups in total. The van der Waals surface area contributed by atoms with Gasteiger partial charge >= 0.3 is 0 Å². The highest BCUT2D eigenvalue weighted by atomic mass is 32.2. The Kier molecular flexibility index (Phi) is 9.53. The molecule has 5 aliphatic rings. The third-order valence-electron chi connectivity index (χ3n) is 15.1. The van der Waals surface area contributed by atoms with Crippen molar-refractivity contribution in [3.05, 3.63) is 266 Å². The summed E-state index contributed by atoms with van der Waals surface area (Å²) >= 11 is 1.86. The molecular weight excluding hydrogens is 814 g/mol. The third kappa shape index (κ3) is 6.06. The molecule has 0 bridgehead atoms. The standard InChI is InChI=1S/C61H46B2N2S/c1-3-19-45(20-4-1)64(46-21-5-2-6-22-46)47-39-35-43(36-40-47)62-53-27-11-7-23-49(53)61(50-24-8-12-28-54(50)62)51-25-9-13-29-55(51)63(56-30-14-10-26-52(56)61)44-37-41-48(42-38-44)65-57-31-15-17-33-59(57)66-60-34-18-16-32-58(60)65/h1-42,49,51,53,55H. The second kappa shape index (κ2) is 16.0. The van der Waals surface area contributed by atoms with Gasteiger partial charge in [0.05, 0.1) is 11.4 Å². The van der Waals surface area contributed by atoms with Gasteiger partial charge in [-0.05, 0) is 107 Å². The van der Waals surface area contributed by atoms with E-state index in [1.807, 2.05) is 11.8 Å². The minimum absolute atomic E-state index is 0.191. The summed E-state index contributed by atoms with van der Waals surface area (Å²) in [6.45, 7) is 0.385. The minimum Gasteiger partial charge on any atom is -0.311 e. The maximum absolute atomic E-state index is 2.57. The lowest BCUT2D eigenvalue weighted by atomic mass is 9.19. The first kappa shape index (κ1) is 39.2. The van der Waals surface area contributed by atoms with E-state index in [1.165, 1.54) is 59.8 Å². The molecule has 8 aromatic carbocycles. The van der Waals surface area contributed by atoms with E-state index >= 15 is 0 Å². The largest absolute Gasteiger partial charge is 0.311 e. The molecule has 5 atom stereocenters. The first-order valence-electron chi connectivity index (χ1n) is 23.4. The van der Waals surface area contributed by atoms with Crippen molar-refractivity contribution in [1.82, 2.24) is 0 Å². The Bertz CT molecular complexity index is 3150. The van der Waals surface area contributed by atoms with Crippen LogP contribution in [0.3, 0.4) is 0 Å². The monoisotopic (exact) mass is 860 g/mol. The van der Waals surface area contributed by atoms with Crippen LogP contribution >= 0.6 is 11.8 Å². The van der Waals surface area contributed by atoms with E-state index in [0.29, 0.717) is 0 Å². The number of anilines is 6. The highest BCUT2D eigenvalue weighted by molar-refractivity contribution is 7.99. The molecule has 3 aliphatic heterocycles. The van der Waals surface area contributed by atoms with Crippen LogP contribution in [0.5, 0.6) is 0 Å². The maximum Gasteiger partial charge on any atom is 0.217 e. The van der Waals surface area contributed by atoms with Gasteiger partial charge in [0.2, 0.25) is 13.4 Å². The van der Waals surface area contributed by atoms with E-state index in [1.54, 1.807) is 0 Å². The number of nitrogens with zero attached hydrogens (tertiary/aromatic N) is 2. The molecule has 0 saturated heterocycles. The van der Waals surface area contributed by atoms with Gasteiger partial charge in [0.25, 0.3) is 0 Å². The topological polar surface area (TPSA) is 6.48 Å². The molecule has 0 fully saturated rings. The maximum atomic E-state index is 2.57. The number of allylic oxidation sites excluding steroid dienone is 8. The number of rotatable bonds is 6. The van der Waals surface area contributed by atoms with Gasteiger partial charge in [0.1, 0.15) is 0 Å². The van der Waals surface area contributed by atoms with Gasteiger partial charge in [0.15, 0.2) is 0 Å². The van der Waals surface area contributed by atoms with Crippen molar-refractivity contribution in [1.29, 1.82) is 0 Å². The second-order valence-electron chi connectivity index (χ2n) is 18.3. The first-order valence-corrected chi connectivity index (χ1v) is 24.2. The summed E-state index contributed by atoms with van der Waals surface area (Å²) in [5, 5.41) is 0. The zero-order valence-corrected chi connectivity index (χ0v) is 37.3. The van der Waals surface area contributed by atoms with Crippen LogP contribution in [0.25, 0.3) is 0 Å². The molecule has 1 spiro atoms. The Morgan fingerprint density at radius 1 is 0.394 bits per heavy atom. The summed E-state index contributed by atoms with van der Waals surface area (Å²) in [5.74, 6) is 0.984. The summed E-state index contributed by atoms with van der Waals surface area (Å²) in [5.41, 5.74) is 15.3. The summed E-state index contributed by atoms with van der Waals surface area (Å²) in [6.07, 6.45) is 19.5. The molecule has 2 nitrogen and oxygen atoms in total. The second-order valence-corrected chi connectivity index (χ2v) is 19.4. The molecule has 0 saturated carbocycles. The van der Waals surface area contributed by atoms with Crippen molar-refractivity contribution in [2.24, 2.45) is 11.8 Å². The SMILES string of the molecule is C1=CC2B(c3ccc(N(c4ccccc4)c4ccccc4)cc3)c3ccccc3C3(c4ccccc4B(c4ccc(N5c6ccccc6Sc6ccccc65)cc4)C4C=CC=CC43)C2C=C1. The normalized spacial score (nSPS) is 21.6. The van der Waals surface area contributed by atoms with Crippen LogP contribution in [0.1, 0.15) is 11.1 Å². The van der Waals surface area contributed by atoms with E-state index in [0.717, 1.165) is 17.1 Å². The Morgan fingerprint density at radius 2 is 0.803 bits per heavy atom. The Hall–Kier alpha value is -7.20. The molecular formula is C61H46B2N2S. The van der Waals surface area contributed by atoms with E-state index in [-0.39, 0.29) is 42.3 Å². The molecule has 5 unspecified atom stereocenters. The van der Waals surface area contributed by atoms with Crippen LogP contribution < -0.4 is 31.7 Å². The van der Waals surface area contributed by atoms with Gasteiger partial charge in [-0.25, -0.2) is 0 Å². The van der Waals surface area contributed by atoms with E-state index in [4.69, 9.17) is 0 Å². The molecule has 13 rings (SSSR count). The molecule has 8 aromatic rings. The van der Waals surface area contributed by atoms with Gasteiger partial charge in [-0.15, -0.1) is 0 Å². The zero-order chi connectivity index (χ0) is 43.6. The highest BCUT2D eigenvalue weighted by Crippen LogP contribution is 2.60. The van der Waals surface area contributed by atoms with Gasteiger partial charge in [-0.1, -0.05) is 216 Å². The molecule has 312 valence electrons. The lowest BCUT2D eigenvalue weighted by Crippen LogP contribution is -2.67. The fourth-order valence-electron chi connectivity index (χ4n) is 12.6. The lowest BCUT2D eigenvalue weighted by Gasteiger charge is -2.59. The lowest BCUT2D eigenvalue weighted by molar-refractivity contribution is 0.281. The molecule has 0 radical (unpaired) electrons. The zero-order valence-electron chi connectivity index (χ0n) is 36.5. The Balaban J connectivity index is 0.930. The summed E-state index contributed by atoms with van der Waals surface area (Å²) in [6, 6.07) is 77.0. The summed E-state index contributed by atoms with van der Waals surface area (Å²) < 4.78 is 0. The molecule has 0 aromatic heterocycles. The molecule has 5 heteroatoms. The fourth-order valence-corrected chi connectivity index (χ4v) is 13.7. The van der Waals surface area contributed by atoms with Crippen LogP contribution in [0, 0.1) is 11.8 Å². The van der Waals surface area contributed by atoms with E-state index in [2.05, 4.69) is 265 Å². The number of benzene rings is 8. The summed E-state index contributed by atoms with van der Waals surface area (Å²) in [7, 11) is 0. The van der Waals surface area contributed by atoms with Crippen LogP contribution in [-0.4, -0.2) is 13.4 Å². The minimum atomic E-state index is -0.284. The van der Waals surface area contributed by atoms with Gasteiger partial charge < -0.3 is 9.80 Å². The van der Waals surface area contributed by atoms with Crippen LogP contribution in [-0.2, 0) is 5.41 Å². The van der Waals surface area contributed by atoms with E-state index in [9.17, 15) is 0 Å². The Labute approximate surface area is 393 Å². The fraction of sp³-hybridized carbons (Fsp3) is 0.0820. The van der Waals surface area contributed by atoms with Crippen molar-refractivity contribution in [3.63, 3.8) is 0 Å². The van der Waals surface area contributed by atoms with Crippen molar-refractivity contribution in [2.45, 2.75) is 26.8 Å². The number of fused-ring (bicyclic) bond motifs is 10. The average Bonchev–Trinajstić information content (AvgIpc) is 3.39. The number of hydrogen-bond donors (Lipinski definition) is 0. The van der Waals surface area contributed by atoms with Crippen molar-refractivity contribution >= 4 is 81.2 Å². The van der Waals surface area contributed by atoms with Crippen LogP contribution in [0.15, 0.2) is 265 Å². The van der Waals surface area contributed by atoms with Crippen molar-refractivity contribution in [3.8, 4) is 0 Å². The Morgan fingerprint density at radius 3 is 1.32 bits per heavy atom. The van der Waals surface area contributed by atoms with Gasteiger partial charge in [0, 0.05) is 38.0 Å². The van der Waals surface area contributed by atoms with Crippen molar-refractivity contribution < 1.29 is 0 Å².